The zero-order valence-corrected chi connectivity index (χ0v) is 33.7. The first kappa shape index (κ1) is 42.8. The van der Waals surface area contributed by atoms with Crippen molar-refractivity contribution in [3.8, 4) is 16.5 Å². The first-order valence-corrected chi connectivity index (χ1v) is 20.0. The number of thiophene rings is 1. The third-order valence-corrected chi connectivity index (χ3v) is 10.2. The summed E-state index contributed by atoms with van der Waals surface area (Å²) in [6.07, 6.45) is 8.84. The van der Waals surface area contributed by atoms with Crippen LogP contribution in [0.4, 0.5) is 5.69 Å². The van der Waals surface area contributed by atoms with Gasteiger partial charge in [0.2, 0.25) is 0 Å². The van der Waals surface area contributed by atoms with Crippen LogP contribution in [-0.2, 0) is 4.74 Å². The lowest BCUT2D eigenvalue weighted by atomic mass is 9.68. The molecule has 1 aliphatic carbocycles. The Kier molecular flexibility index (Phi) is 20.4. The second-order valence-electron chi connectivity index (χ2n) is 14.0. The van der Waals surface area contributed by atoms with Gasteiger partial charge in [0.25, 0.3) is 0 Å². The van der Waals surface area contributed by atoms with Gasteiger partial charge in [-0.25, -0.2) is 0 Å². The first-order chi connectivity index (χ1) is 22.3. The molecule has 1 aromatic heterocycles. The summed E-state index contributed by atoms with van der Waals surface area (Å²) in [5, 5.41) is 11.7. The Morgan fingerprint density at radius 1 is 0.979 bits per heavy atom. The Bertz CT molecular complexity index is 1350. The Morgan fingerprint density at radius 3 is 2.04 bits per heavy atom. The largest absolute Gasteiger partial charge is 0.376 e. The van der Waals surface area contributed by atoms with E-state index in [4.69, 9.17) is 10.00 Å². The van der Waals surface area contributed by atoms with E-state index in [-0.39, 0.29) is 5.60 Å². The molecule has 0 N–H and O–H groups in total. The molecule has 1 heterocycles. The van der Waals surface area contributed by atoms with E-state index in [0.29, 0.717) is 0 Å². The first-order valence-electron chi connectivity index (χ1n) is 18.0. The van der Waals surface area contributed by atoms with Gasteiger partial charge in [-0.2, -0.15) is 5.26 Å². The lowest BCUT2D eigenvalue weighted by molar-refractivity contribution is -0.00775. The molecule has 3 nitrogen and oxygen atoms in total. The molecule has 2 atom stereocenters. The highest BCUT2D eigenvalue weighted by Crippen LogP contribution is 2.38. The van der Waals surface area contributed by atoms with Gasteiger partial charge in [0.05, 0.1) is 10.5 Å². The lowest BCUT2D eigenvalue weighted by Gasteiger charge is -2.38. The quantitative estimate of drug-likeness (QED) is 0.189. The standard InChI is InChI=1S/C24H26N2S2.C9H20O.C7H14.C2H6/c1-4-12-26(13-5-2)21-9-8-18-14-20(7-6-19(18)15-21)24-11-10-22(28-24)16-23(17-25)27-3;1-8(2)6-7-10-9(3,4)5;1-5-4-6(2)7(5)3;1-2/h6-11,14-16H,4-5,12-13H2,1-3H3;8H,6-7H2,1-5H3;5-7H,4H2,1-3H3;1-2H3/b23-16+;;;. The van der Waals surface area contributed by atoms with E-state index in [2.05, 4.69) is 129 Å². The summed E-state index contributed by atoms with van der Waals surface area (Å²) in [4.78, 5) is 5.56. The van der Waals surface area contributed by atoms with Gasteiger partial charge >= 0.3 is 0 Å². The van der Waals surface area contributed by atoms with Crippen molar-refractivity contribution in [1.29, 1.82) is 5.26 Å². The number of thioether (sulfide) groups is 1. The number of anilines is 1. The van der Waals surface area contributed by atoms with Gasteiger partial charge in [0.15, 0.2) is 0 Å². The highest BCUT2D eigenvalue weighted by Gasteiger charge is 2.29. The summed E-state index contributed by atoms with van der Waals surface area (Å²) in [5.41, 5.74) is 2.58. The van der Waals surface area contributed by atoms with E-state index in [1.54, 1.807) is 11.3 Å². The van der Waals surface area contributed by atoms with Crippen molar-refractivity contribution in [3.05, 3.63) is 58.3 Å². The zero-order valence-electron chi connectivity index (χ0n) is 32.1. The van der Waals surface area contributed by atoms with Crippen LogP contribution in [0.1, 0.15) is 114 Å². The van der Waals surface area contributed by atoms with Crippen LogP contribution in [-0.4, -0.2) is 31.6 Å². The summed E-state index contributed by atoms with van der Waals surface area (Å²) in [6.45, 7) is 29.3. The molecule has 0 saturated heterocycles. The van der Waals surface area contributed by atoms with Gasteiger partial charge in [0.1, 0.15) is 6.07 Å². The third-order valence-electron chi connectivity index (χ3n) is 8.46. The second kappa shape index (κ2) is 22.4. The molecule has 1 aliphatic rings. The van der Waals surface area contributed by atoms with Gasteiger partial charge < -0.3 is 9.64 Å². The van der Waals surface area contributed by atoms with Crippen LogP contribution >= 0.6 is 23.1 Å². The summed E-state index contributed by atoms with van der Waals surface area (Å²) < 4.78 is 5.54. The number of rotatable bonds is 11. The van der Waals surface area contributed by atoms with Crippen molar-refractivity contribution >= 4 is 45.6 Å². The molecule has 0 radical (unpaired) electrons. The van der Waals surface area contributed by atoms with Gasteiger partial charge in [-0.05, 0) is 129 Å². The van der Waals surface area contributed by atoms with Gasteiger partial charge in [0, 0.05) is 35.1 Å². The van der Waals surface area contributed by atoms with Gasteiger partial charge in [-0.15, -0.1) is 23.1 Å². The van der Waals surface area contributed by atoms with Crippen molar-refractivity contribution in [2.24, 2.45) is 23.7 Å². The molecule has 1 fully saturated rings. The van der Waals surface area contributed by atoms with E-state index >= 15 is 0 Å². The van der Waals surface area contributed by atoms with Crippen LogP contribution in [0, 0.1) is 35.0 Å². The smallest absolute Gasteiger partial charge is 0.106 e. The van der Waals surface area contributed by atoms with Crippen molar-refractivity contribution in [3.63, 3.8) is 0 Å². The fourth-order valence-corrected chi connectivity index (χ4v) is 6.68. The molecule has 3 aromatic rings. The van der Waals surface area contributed by atoms with E-state index in [9.17, 15) is 0 Å². The highest BCUT2D eigenvalue weighted by molar-refractivity contribution is 8.02. The number of ether oxygens (including phenoxy) is 1. The number of benzene rings is 2. The van der Waals surface area contributed by atoms with Crippen molar-refractivity contribution in [2.45, 2.75) is 114 Å². The Morgan fingerprint density at radius 2 is 1.57 bits per heavy atom. The molecule has 0 spiro atoms. The minimum Gasteiger partial charge on any atom is -0.376 e. The topological polar surface area (TPSA) is 36.3 Å². The van der Waals surface area contributed by atoms with E-state index < -0.39 is 0 Å². The Hall–Kier alpha value is -2.26. The molecule has 4 rings (SSSR count). The molecule has 0 bridgehead atoms. The SMILES string of the molecule is CC.CC(C)CCOC(C)(C)C.CC1CC(C)C1C.CCCN(CCC)c1ccc2cc(-c3ccc(/C=C(\C#N)SC)s3)ccc2c1. The predicted octanol–water partition coefficient (Wildman–Crippen LogP) is 13.6. The number of nitriles is 1. The molecular formula is C42H66N2OS2. The van der Waals surface area contributed by atoms with Crippen LogP contribution in [0.15, 0.2) is 53.4 Å². The van der Waals surface area contributed by atoms with E-state index in [0.717, 1.165) is 72.4 Å². The molecule has 5 heteroatoms. The minimum atomic E-state index is 0.0366. The number of nitrogens with zero attached hydrogens (tertiary/aromatic N) is 2. The molecule has 2 aromatic carbocycles. The fraction of sp³-hybridized carbons (Fsp3) is 0.595. The van der Waals surface area contributed by atoms with Crippen molar-refractivity contribution < 1.29 is 4.74 Å². The van der Waals surface area contributed by atoms with Crippen LogP contribution in [0.25, 0.3) is 27.3 Å². The number of hydrogen-bond acceptors (Lipinski definition) is 5. The average Bonchev–Trinajstić information content (AvgIpc) is 3.52. The summed E-state index contributed by atoms with van der Waals surface area (Å²) in [6, 6.07) is 20.0. The molecule has 1 saturated carbocycles. The molecular weight excluding hydrogens is 613 g/mol. The average molecular weight is 679 g/mol. The fourth-order valence-electron chi connectivity index (χ4n) is 5.33. The van der Waals surface area contributed by atoms with Crippen LogP contribution in [0.2, 0.25) is 0 Å². The molecule has 0 amide bonds. The third kappa shape index (κ3) is 15.7. The van der Waals surface area contributed by atoms with Gasteiger partial charge in [-0.1, -0.05) is 80.5 Å². The number of fused-ring (bicyclic) bond motifs is 1. The lowest BCUT2D eigenvalue weighted by Crippen LogP contribution is -2.29. The van der Waals surface area contributed by atoms with Crippen molar-refractivity contribution in [1.82, 2.24) is 0 Å². The number of allylic oxidation sites excluding steroid dienone is 1. The van der Waals surface area contributed by atoms with Crippen LogP contribution < -0.4 is 4.90 Å². The van der Waals surface area contributed by atoms with Gasteiger partial charge in [-0.3, -0.25) is 0 Å². The summed E-state index contributed by atoms with van der Waals surface area (Å²) >= 11 is 3.21. The highest BCUT2D eigenvalue weighted by atomic mass is 32.2. The second-order valence-corrected chi connectivity index (χ2v) is 15.9. The molecule has 0 aliphatic heterocycles. The van der Waals surface area contributed by atoms with Crippen LogP contribution in [0.5, 0.6) is 0 Å². The minimum absolute atomic E-state index is 0.0366. The maximum Gasteiger partial charge on any atom is 0.106 e. The monoisotopic (exact) mass is 678 g/mol. The van der Waals surface area contributed by atoms with Crippen LogP contribution in [0.3, 0.4) is 0 Å². The summed E-state index contributed by atoms with van der Waals surface area (Å²) in [7, 11) is 0. The Labute approximate surface area is 298 Å². The number of hydrogen-bond donors (Lipinski definition) is 0. The predicted molar refractivity (Wildman–Crippen MR) is 216 cm³/mol. The zero-order chi connectivity index (χ0) is 35.6. The molecule has 262 valence electrons. The maximum atomic E-state index is 9.12. The van der Waals surface area contributed by atoms with E-state index in [1.807, 2.05) is 26.2 Å². The Balaban J connectivity index is 0.000000475. The molecule has 2 unspecified atom stereocenters. The van der Waals surface area contributed by atoms with Crippen molar-refractivity contribution in [2.75, 3.05) is 30.9 Å². The normalized spacial score (nSPS) is 17.3. The summed E-state index contributed by atoms with van der Waals surface area (Å²) in [5.74, 6) is 3.77. The van der Waals surface area contributed by atoms with E-state index in [1.165, 1.54) is 45.1 Å². The maximum absolute atomic E-state index is 9.12. The molecule has 47 heavy (non-hydrogen) atoms.